The van der Waals surface area contributed by atoms with E-state index in [1.807, 2.05) is 37.6 Å². The highest BCUT2D eigenvalue weighted by Crippen LogP contribution is 2.22. The molecule has 0 aliphatic heterocycles. The molecular formula is C20H26ClN3O4S. The zero-order valence-electron chi connectivity index (χ0n) is 17.0. The van der Waals surface area contributed by atoms with Crippen molar-refractivity contribution < 1.29 is 19.1 Å². The number of amides is 1. The molecule has 2 aromatic heterocycles. The number of halogens is 1. The molecule has 0 unspecified atom stereocenters. The lowest BCUT2D eigenvalue weighted by atomic mass is 10.1. The van der Waals surface area contributed by atoms with Gasteiger partial charge in [0.1, 0.15) is 22.1 Å². The van der Waals surface area contributed by atoms with Crippen LogP contribution >= 0.6 is 22.9 Å². The lowest BCUT2D eigenvalue weighted by Crippen LogP contribution is -2.35. The van der Waals surface area contributed by atoms with Crippen LogP contribution in [0.5, 0.6) is 0 Å². The topological polar surface area (TPSA) is 89.5 Å². The van der Waals surface area contributed by atoms with Gasteiger partial charge in [-0.3, -0.25) is 0 Å². The van der Waals surface area contributed by atoms with Gasteiger partial charge in [-0.2, -0.15) is 11.3 Å². The third-order valence-corrected chi connectivity index (χ3v) is 4.63. The van der Waals surface area contributed by atoms with E-state index in [4.69, 9.17) is 21.1 Å². The van der Waals surface area contributed by atoms with Crippen LogP contribution in [-0.4, -0.2) is 35.8 Å². The van der Waals surface area contributed by atoms with E-state index in [1.54, 1.807) is 24.3 Å². The van der Waals surface area contributed by atoms with Crippen molar-refractivity contribution in [1.29, 1.82) is 0 Å². The molecule has 2 heterocycles. The molecule has 29 heavy (non-hydrogen) atoms. The largest absolute Gasteiger partial charge is 0.462 e. The highest BCUT2D eigenvalue weighted by molar-refractivity contribution is 7.08. The van der Waals surface area contributed by atoms with Crippen molar-refractivity contribution in [3.8, 4) is 0 Å². The van der Waals surface area contributed by atoms with Gasteiger partial charge in [0.15, 0.2) is 0 Å². The minimum atomic E-state index is -0.583. The molecule has 9 heteroatoms. The van der Waals surface area contributed by atoms with Crippen LogP contribution in [0.15, 0.2) is 29.0 Å². The van der Waals surface area contributed by atoms with Crippen LogP contribution in [0.3, 0.4) is 0 Å². The fourth-order valence-corrected chi connectivity index (χ4v) is 3.39. The molecule has 2 aromatic rings. The van der Waals surface area contributed by atoms with E-state index in [1.165, 1.54) is 6.07 Å². The number of pyridine rings is 1. The standard InChI is InChI=1S/C20H26ClN3O4S/c1-5-27-18(25)14-6-7-16(21)24-17(14)22-10-8-15(13-9-11-29-12-13)23-19(26)28-20(2,3)4/h6-7,9,11-12,15H,5,8,10H2,1-4H3,(H,22,24)(H,23,26)/t15-/m0/s1. The molecule has 0 radical (unpaired) electrons. The summed E-state index contributed by atoms with van der Waals surface area (Å²) in [5.41, 5.74) is 0.705. The number of carbonyl (C=O) groups excluding carboxylic acids is 2. The first kappa shape index (κ1) is 23.0. The first-order valence-corrected chi connectivity index (χ1v) is 10.6. The average Bonchev–Trinajstić information content (AvgIpc) is 3.14. The first-order valence-electron chi connectivity index (χ1n) is 9.28. The number of nitrogens with one attached hydrogen (secondary N) is 2. The molecule has 2 rings (SSSR count). The lowest BCUT2D eigenvalue weighted by molar-refractivity contribution is 0.0498. The zero-order valence-corrected chi connectivity index (χ0v) is 18.5. The highest BCUT2D eigenvalue weighted by Gasteiger charge is 2.21. The maximum Gasteiger partial charge on any atom is 0.408 e. The SMILES string of the molecule is CCOC(=O)c1ccc(Cl)nc1NCC[C@H](NC(=O)OC(C)(C)C)c1ccsc1. The number of alkyl carbamates (subject to hydrolysis) is 1. The summed E-state index contributed by atoms with van der Waals surface area (Å²) in [5.74, 6) is -0.127. The van der Waals surface area contributed by atoms with Crippen molar-refractivity contribution in [2.45, 2.75) is 45.8 Å². The predicted octanol–water partition coefficient (Wildman–Crippen LogP) is 5.04. The summed E-state index contributed by atoms with van der Waals surface area (Å²) in [5, 5.41) is 10.2. The Bertz CT molecular complexity index is 822. The van der Waals surface area contributed by atoms with E-state index in [-0.39, 0.29) is 17.8 Å². The van der Waals surface area contributed by atoms with Crippen molar-refractivity contribution in [2.24, 2.45) is 0 Å². The van der Waals surface area contributed by atoms with Gasteiger partial charge in [0.05, 0.1) is 12.6 Å². The van der Waals surface area contributed by atoms with E-state index in [0.29, 0.717) is 24.3 Å². The quantitative estimate of drug-likeness (QED) is 0.442. The van der Waals surface area contributed by atoms with Gasteiger partial charge in [0, 0.05) is 6.54 Å². The molecule has 0 fully saturated rings. The summed E-state index contributed by atoms with van der Waals surface area (Å²) in [4.78, 5) is 28.5. The second kappa shape index (κ2) is 10.5. The molecule has 0 aliphatic carbocycles. The third kappa shape index (κ3) is 7.55. The maximum absolute atomic E-state index is 12.2. The normalized spacial score (nSPS) is 12.2. The molecule has 1 amide bonds. The summed E-state index contributed by atoms with van der Waals surface area (Å²) in [6, 6.07) is 4.81. The van der Waals surface area contributed by atoms with Crippen molar-refractivity contribution in [1.82, 2.24) is 10.3 Å². The average molecular weight is 440 g/mol. The molecule has 0 spiro atoms. The maximum atomic E-state index is 12.2. The molecule has 7 nitrogen and oxygen atoms in total. The number of carbonyl (C=O) groups is 2. The van der Waals surface area contributed by atoms with E-state index >= 15 is 0 Å². The number of hydrogen-bond donors (Lipinski definition) is 2. The summed E-state index contributed by atoms with van der Waals surface area (Å²) in [6.07, 6.45) is 0.0636. The summed E-state index contributed by atoms with van der Waals surface area (Å²) in [7, 11) is 0. The molecule has 1 atom stereocenters. The fraction of sp³-hybridized carbons (Fsp3) is 0.450. The molecule has 0 saturated heterocycles. The van der Waals surface area contributed by atoms with Gasteiger partial charge in [0.25, 0.3) is 0 Å². The molecule has 2 N–H and O–H groups in total. The minimum Gasteiger partial charge on any atom is -0.462 e. The Morgan fingerprint density at radius 3 is 2.66 bits per heavy atom. The molecule has 0 aliphatic rings. The first-order chi connectivity index (χ1) is 13.7. The highest BCUT2D eigenvalue weighted by atomic mass is 35.5. The van der Waals surface area contributed by atoms with Gasteiger partial charge in [-0.05, 0) is 68.6 Å². The van der Waals surface area contributed by atoms with Crippen LogP contribution in [0.2, 0.25) is 5.15 Å². The fourth-order valence-electron chi connectivity index (χ4n) is 2.52. The van der Waals surface area contributed by atoms with Gasteiger partial charge in [0.2, 0.25) is 0 Å². The van der Waals surface area contributed by atoms with E-state index in [9.17, 15) is 9.59 Å². The second-order valence-corrected chi connectivity index (χ2v) is 8.39. The Kier molecular flexibility index (Phi) is 8.28. The van der Waals surface area contributed by atoms with Crippen LogP contribution in [0, 0.1) is 0 Å². The van der Waals surface area contributed by atoms with Crippen molar-refractivity contribution >= 4 is 40.8 Å². The molecule has 0 bridgehead atoms. The lowest BCUT2D eigenvalue weighted by Gasteiger charge is -2.23. The Hall–Kier alpha value is -2.32. The van der Waals surface area contributed by atoms with Crippen molar-refractivity contribution in [2.75, 3.05) is 18.5 Å². The van der Waals surface area contributed by atoms with Crippen LogP contribution in [0.4, 0.5) is 10.6 Å². The predicted molar refractivity (Wildman–Crippen MR) is 115 cm³/mol. The number of hydrogen-bond acceptors (Lipinski definition) is 7. The van der Waals surface area contributed by atoms with Crippen molar-refractivity contribution in [3.63, 3.8) is 0 Å². The van der Waals surface area contributed by atoms with Gasteiger partial charge in [-0.15, -0.1) is 0 Å². The molecular weight excluding hydrogens is 414 g/mol. The van der Waals surface area contributed by atoms with E-state index < -0.39 is 17.7 Å². The number of aromatic nitrogens is 1. The number of anilines is 1. The van der Waals surface area contributed by atoms with Crippen LogP contribution in [0.25, 0.3) is 0 Å². The number of nitrogens with zero attached hydrogens (tertiary/aromatic N) is 1. The Labute approximate surface area is 179 Å². The number of thiophene rings is 1. The molecule has 0 saturated carbocycles. The third-order valence-electron chi connectivity index (χ3n) is 3.72. The van der Waals surface area contributed by atoms with Crippen molar-refractivity contribution in [3.05, 3.63) is 45.2 Å². The summed E-state index contributed by atoms with van der Waals surface area (Å²) in [6.45, 7) is 7.89. The Morgan fingerprint density at radius 2 is 2.03 bits per heavy atom. The Morgan fingerprint density at radius 1 is 1.28 bits per heavy atom. The number of esters is 1. The van der Waals surface area contributed by atoms with E-state index in [0.717, 1.165) is 5.56 Å². The number of rotatable bonds is 8. The van der Waals surface area contributed by atoms with Gasteiger partial charge in [-0.25, -0.2) is 14.6 Å². The zero-order chi connectivity index (χ0) is 21.4. The van der Waals surface area contributed by atoms with Crippen LogP contribution in [0.1, 0.15) is 56.1 Å². The van der Waals surface area contributed by atoms with Gasteiger partial charge >= 0.3 is 12.1 Å². The number of ether oxygens (including phenoxy) is 2. The monoisotopic (exact) mass is 439 g/mol. The summed E-state index contributed by atoms with van der Waals surface area (Å²) >= 11 is 7.52. The second-order valence-electron chi connectivity index (χ2n) is 7.22. The molecule has 0 aromatic carbocycles. The molecule has 158 valence electrons. The van der Waals surface area contributed by atoms with Gasteiger partial charge in [-0.1, -0.05) is 11.6 Å². The minimum absolute atomic E-state index is 0.256. The van der Waals surface area contributed by atoms with E-state index in [2.05, 4.69) is 15.6 Å². The van der Waals surface area contributed by atoms with Crippen LogP contribution < -0.4 is 10.6 Å². The van der Waals surface area contributed by atoms with Crippen LogP contribution in [-0.2, 0) is 9.47 Å². The smallest absolute Gasteiger partial charge is 0.408 e. The summed E-state index contributed by atoms with van der Waals surface area (Å²) < 4.78 is 10.4. The van der Waals surface area contributed by atoms with Gasteiger partial charge < -0.3 is 20.1 Å². The Balaban J connectivity index is 2.06.